The number of hydrogen-bond donors (Lipinski definition) is 5. The van der Waals surface area contributed by atoms with Crippen molar-refractivity contribution in [2.24, 2.45) is 4.99 Å². The van der Waals surface area contributed by atoms with Crippen LogP contribution in [0.4, 0.5) is 11.4 Å². The molecule has 1 aliphatic heterocycles. The number of nitrogens with zero attached hydrogens (tertiary/aromatic N) is 1. The highest BCUT2D eigenvalue weighted by molar-refractivity contribution is 6.30. The molecule has 2 aromatic rings. The molecule has 0 radical (unpaired) electrons. The van der Waals surface area contributed by atoms with Crippen LogP contribution in [0.1, 0.15) is 43.4 Å². The Bertz CT molecular complexity index is 917. The van der Waals surface area contributed by atoms with Gasteiger partial charge in [-0.25, -0.2) is 10.4 Å². The predicted molar refractivity (Wildman–Crippen MR) is 118 cm³/mol. The van der Waals surface area contributed by atoms with Crippen LogP contribution in [0.25, 0.3) is 0 Å². The third kappa shape index (κ3) is 3.93. The lowest BCUT2D eigenvalue weighted by atomic mass is 9.88. The number of hydrazine groups is 1. The van der Waals surface area contributed by atoms with E-state index in [-0.39, 0.29) is 5.54 Å². The molecule has 146 valence electrons. The van der Waals surface area contributed by atoms with Gasteiger partial charge in [-0.05, 0) is 42.7 Å². The number of anilines is 1. The monoisotopic (exact) mass is 396 g/mol. The molecular weight excluding hydrogens is 372 g/mol. The van der Waals surface area contributed by atoms with E-state index < -0.39 is 0 Å². The van der Waals surface area contributed by atoms with Crippen molar-refractivity contribution in [2.75, 3.05) is 5.32 Å². The van der Waals surface area contributed by atoms with Crippen molar-refractivity contribution >= 4 is 41.2 Å². The maximum Gasteiger partial charge on any atom is 0.142 e. The minimum atomic E-state index is -0.334. The van der Waals surface area contributed by atoms with Crippen molar-refractivity contribution in [3.05, 3.63) is 58.1 Å². The van der Waals surface area contributed by atoms with Gasteiger partial charge in [-0.15, -0.1) is 0 Å². The van der Waals surface area contributed by atoms with E-state index in [0.717, 1.165) is 35.6 Å². The molecular formula is C21H25ClN6. The molecule has 5 N–H and O–H groups in total. The Hall–Kier alpha value is -2.70. The summed E-state index contributed by atoms with van der Waals surface area (Å²) in [5.41, 5.74) is 10.3. The van der Waals surface area contributed by atoms with Gasteiger partial charge in [0.05, 0.1) is 16.9 Å². The van der Waals surface area contributed by atoms with Crippen LogP contribution in [-0.2, 0) is 6.54 Å². The lowest BCUT2D eigenvalue weighted by Crippen LogP contribution is -2.56. The van der Waals surface area contributed by atoms with Crippen molar-refractivity contribution in [1.29, 1.82) is 10.8 Å². The molecule has 0 spiro atoms. The molecule has 0 saturated heterocycles. The molecule has 0 aliphatic carbocycles. The zero-order valence-electron chi connectivity index (χ0n) is 16.1. The Kier molecular flexibility index (Phi) is 6.11. The Morgan fingerprint density at radius 1 is 1.11 bits per heavy atom. The predicted octanol–water partition coefficient (Wildman–Crippen LogP) is 4.64. The number of rotatable bonds is 7. The Morgan fingerprint density at radius 2 is 1.82 bits per heavy atom. The van der Waals surface area contributed by atoms with Gasteiger partial charge in [-0.1, -0.05) is 37.6 Å². The first-order valence-corrected chi connectivity index (χ1v) is 9.72. The van der Waals surface area contributed by atoms with Gasteiger partial charge in [-0.2, -0.15) is 0 Å². The number of halogens is 1. The summed E-state index contributed by atoms with van der Waals surface area (Å²) in [6.07, 6.45) is 4.22. The third-order valence-corrected chi connectivity index (χ3v) is 5.40. The van der Waals surface area contributed by atoms with Gasteiger partial charge in [0.25, 0.3) is 0 Å². The van der Waals surface area contributed by atoms with Crippen molar-refractivity contribution < 1.29 is 0 Å². The molecule has 7 heteroatoms. The fourth-order valence-electron chi connectivity index (χ4n) is 3.39. The van der Waals surface area contributed by atoms with Crippen LogP contribution in [0.2, 0.25) is 5.02 Å². The summed E-state index contributed by atoms with van der Waals surface area (Å²) in [5.74, 6) is 0.811. The van der Waals surface area contributed by atoms with E-state index in [0.29, 0.717) is 22.7 Å². The highest BCUT2D eigenvalue weighted by atomic mass is 35.5. The first-order chi connectivity index (χ1) is 13.5. The van der Waals surface area contributed by atoms with Crippen molar-refractivity contribution in [1.82, 2.24) is 10.9 Å². The summed E-state index contributed by atoms with van der Waals surface area (Å²) in [5, 5.41) is 19.5. The lowest BCUT2D eigenvalue weighted by molar-refractivity contribution is 0.523. The third-order valence-electron chi connectivity index (χ3n) is 5.17. The Morgan fingerprint density at radius 3 is 2.46 bits per heavy atom. The standard InChI is InChI=1S/C21H25ClN6/c1-3-21(4-2)20(28-25-13-14-6-5-7-17(22)8-14)26-18-9-15(11-23)16(12-24)10-19(18)27-21/h5-12,23-25,27H,3-4,13H2,1-2H3,(H,26,28). The van der Waals surface area contributed by atoms with Crippen LogP contribution in [0.5, 0.6) is 0 Å². The molecule has 0 bridgehead atoms. The van der Waals surface area contributed by atoms with Gasteiger partial charge in [0.15, 0.2) is 0 Å². The number of hydrogen-bond acceptors (Lipinski definition) is 6. The minimum absolute atomic E-state index is 0.334. The van der Waals surface area contributed by atoms with Crippen LogP contribution in [-0.4, -0.2) is 23.8 Å². The number of amidine groups is 1. The zero-order chi connectivity index (χ0) is 20.1. The van der Waals surface area contributed by atoms with Gasteiger partial charge in [0, 0.05) is 35.1 Å². The molecule has 0 aromatic heterocycles. The molecule has 2 aromatic carbocycles. The molecule has 0 unspecified atom stereocenters. The average Bonchev–Trinajstić information content (AvgIpc) is 2.72. The maximum absolute atomic E-state index is 7.60. The fourth-order valence-corrected chi connectivity index (χ4v) is 3.61. The van der Waals surface area contributed by atoms with E-state index in [4.69, 9.17) is 27.4 Å². The van der Waals surface area contributed by atoms with Crippen LogP contribution in [0.15, 0.2) is 41.4 Å². The molecule has 1 heterocycles. The lowest BCUT2D eigenvalue weighted by Gasteiger charge is -2.39. The molecule has 0 saturated carbocycles. The second kappa shape index (κ2) is 8.54. The zero-order valence-corrected chi connectivity index (χ0v) is 16.8. The molecule has 6 nitrogen and oxygen atoms in total. The average molecular weight is 397 g/mol. The second-order valence-corrected chi connectivity index (χ2v) is 7.21. The first kappa shape index (κ1) is 20.0. The van der Waals surface area contributed by atoms with Gasteiger partial charge in [0.2, 0.25) is 0 Å². The summed E-state index contributed by atoms with van der Waals surface area (Å²) in [6.45, 7) is 4.85. The van der Waals surface area contributed by atoms with E-state index in [1.165, 1.54) is 12.4 Å². The highest BCUT2D eigenvalue weighted by Crippen LogP contribution is 2.37. The topological polar surface area (TPSA) is 96.2 Å². The molecule has 0 fully saturated rings. The van der Waals surface area contributed by atoms with E-state index in [1.807, 2.05) is 36.4 Å². The van der Waals surface area contributed by atoms with Crippen LogP contribution < -0.4 is 16.2 Å². The van der Waals surface area contributed by atoms with Crippen LogP contribution >= 0.6 is 11.6 Å². The number of aliphatic imine (C=N–C) groups is 1. The summed E-state index contributed by atoms with van der Waals surface area (Å²) >= 11 is 6.06. The van der Waals surface area contributed by atoms with E-state index in [9.17, 15) is 0 Å². The van der Waals surface area contributed by atoms with Gasteiger partial charge in [0.1, 0.15) is 5.84 Å². The number of fused-ring (bicyclic) bond motifs is 1. The summed E-state index contributed by atoms with van der Waals surface area (Å²) < 4.78 is 0. The first-order valence-electron chi connectivity index (χ1n) is 9.35. The molecule has 0 atom stereocenters. The van der Waals surface area contributed by atoms with Crippen molar-refractivity contribution in [3.8, 4) is 0 Å². The molecule has 3 rings (SSSR count). The number of nitrogens with one attached hydrogen (secondary N) is 5. The number of benzene rings is 2. The smallest absolute Gasteiger partial charge is 0.142 e. The fraction of sp³-hybridized carbons (Fsp3) is 0.286. The maximum atomic E-state index is 7.60. The van der Waals surface area contributed by atoms with Crippen LogP contribution in [0.3, 0.4) is 0 Å². The highest BCUT2D eigenvalue weighted by Gasteiger charge is 2.36. The van der Waals surface area contributed by atoms with Gasteiger partial charge < -0.3 is 21.6 Å². The SMILES string of the molecule is CCC1(CC)Nc2cc(C=N)c(C=N)cc2N=C1NNCc1cccc(Cl)c1. The van der Waals surface area contributed by atoms with Crippen molar-refractivity contribution in [3.63, 3.8) is 0 Å². The summed E-state index contributed by atoms with van der Waals surface area (Å²) in [4.78, 5) is 4.85. The minimum Gasteiger partial charge on any atom is -0.371 e. The largest absolute Gasteiger partial charge is 0.371 e. The van der Waals surface area contributed by atoms with Crippen LogP contribution in [0, 0.1) is 10.8 Å². The molecule has 28 heavy (non-hydrogen) atoms. The second-order valence-electron chi connectivity index (χ2n) is 6.77. The van der Waals surface area contributed by atoms with E-state index in [1.54, 1.807) is 0 Å². The Balaban J connectivity index is 1.89. The summed E-state index contributed by atoms with van der Waals surface area (Å²) in [6, 6.07) is 11.4. The molecule has 1 aliphatic rings. The van der Waals surface area contributed by atoms with Gasteiger partial charge >= 0.3 is 0 Å². The normalized spacial score (nSPS) is 14.5. The van der Waals surface area contributed by atoms with Gasteiger partial charge in [-0.3, -0.25) is 0 Å². The molecule has 0 amide bonds. The summed E-state index contributed by atoms with van der Waals surface area (Å²) in [7, 11) is 0. The Labute approximate surface area is 170 Å². The quantitative estimate of drug-likeness (QED) is 0.348. The van der Waals surface area contributed by atoms with E-state index in [2.05, 4.69) is 30.0 Å². The van der Waals surface area contributed by atoms with Crippen molar-refractivity contribution in [2.45, 2.75) is 38.8 Å². The van der Waals surface area contributed by atoms with E-state index >= 15 is 0 Å².